The highest BCUT2D eigenvalue weighted by Crippen LogP contribution is 2.36. The van der Waals surface area contributed by atoms with Crippen molar-refractivity contribution < 1.29 is 5.11 Å². The van der Waals surface area contributed by atoms with Gasteiger partial charge in [-0.1, -0.05) is 36.5 Å². The molecule has 0 aliphatic heterocycles. The molecule has 132 valence electrons. The first kappa shape index (κ1) is 16.6. The van der Waals surface area contributed by atoms with Gasteiger partial charge < -0.3 is 14.8 Å². The molecule has 0 aliphatic carbocycles. The van der Waals surface area contributed by atoms with Crippen LogP contribution >= 0.6 is 11.3 Å². The first-order valence-electron chi connectivity index (χ1n) is 8.63. The number of aromatic nitrogens is 3. The van der Waals surface area contributed by atoms with Gasteiger partial charge >= 0.3 is 0 Å². The molecule has 2 N–H and O–H groups in total. The molecule has 26 heavy (non-hydrogen) atoms. The van der Waals surface area contributed by atoms with Gasteiger partial charge in [0, 0.05) is 47.5 Å². The maximum Gasteiger partial charge on any atom is 0.183 e. The van der Waals surface area contributed by atoms with Crippen molar-refractivity contribution >= 4 is 22.1 Å². The Hall–Kier alpha value is -2.86. The summed E-state index contributed by atoms with van der Waals surface area (Å²) in [6.45, 7) is 4.30. The molecule has 3 aromatic heterocycles. The molecule has 6 heteroatoms. The second-order valence-corrected chi connectivity index (χ2v) is 7.33. The maximum absolute atomic E-state index is 10.3. The molecule has 0 amide bonds. The maximum atomic E-state index is 10.3. The molecular formula is C20H20N4OS. The summed E-state index contributed by atoms with van der Waals surface area (Å²) < 4.78 is 1.98. The van der Waals surface area contributed by atoms with E-state index in [0.717, 1.165) is 38.8 Å². The summed E-state index contributed by atoms with van der Waals surface area (Å²) in [7, 11) is 0. The number of phenolic OH excluding ortho intramolecular Hbond substituents is 1. The van der Waals surface area contributed by atoms with Crippen LogP contribution in [0.5, 0.6) is 5.75 Å². The van der Waals surface area contributed by atoms with Gasteiger partial charge in [-0.3, -0.25) is 0 Å². The average Bonchev–Trinajstić information content (AvgIpc) is 3.30. The van der Waals surface area contributed by atoms with Crippen molar-refractivity contribution in [2.24, 2.45) is 0 Å². The van der Waals surface area contributed by atoms with E-state index in [1.54, 1.807) is 23.6 Å². The van der Waals surface area contributed by atoms with Crippen LogP contribution in [0, 0.1) is 0 Å². The van der Waals surface area contributed by atoms with Crippen molar-refractivity contribution in [1.29, 1.82) is 0 Å². The summed E-state index contributed by atoms with van der Waals surface area (Å²) in [6, 6.07) is 9.80. The highest BCUT2D eigenvalue weighted by Gasteiger charge is 2.14. The van der Waals surface area contributed by atoms with Crippen LogP contribution in [-0.4, -0.2) is 25.5 Å². The number of benzene rings is 1. The molecule has 0 spiro atoms. The summed E-state index contributed by atoms with van der Waals surface area (Å²) in [5, 5.41) is 14.6. The molecule has 4 rings (SSSR count). The Bertz CT molecular complexity index is 1050. The average molecular weight is 364 g/mol. The number of fused-ring (bicyclic) bond motifs is 1. The normalized spacial score (nSPS) is 12.4. The molecule has 5 nitrogen and oxygen atoms in total. The number of nitrogens with zero attached hydrogens (tertiary/aromatic N) is 3. The fraction of sp³-hybridized carbons (Fsp3) is 0.200. The van der Waals surface area contributed by atoms with Gasteiger partial charge in [0.25, 0.3) is 0 Å². The summed E-state index contributed by atoms with van der Waals surface area (Å²) in [6.07, 6.45) is 8.68. The molecule has 3 heterocycles. The number of pyridine rings is 1. The van der Waals surface area contributed by atoms with Gasteiger partial charge in [0.1, 0.15) is 11.4 Å². The van der Waals surface area contributed by atoms with E-state index in [4.69, 9.17) is 0 Å². The van der Waals surface area contributed by atoms with Gasteiger partial charge in [0.15, 0.2) is 5.13 Å². The highest BCUT2D eigenvalue weighted by atomic mass is 32.1. The van der Waals surface area contributed by atoms with Crippen molar-refractivity contribution in [3.63, 3.8) is 0 Å². The third-order valence-electron chi connectivity index (χ3n) is 4.45. The zero-order valence-corrected chi connectivity index (χ0v) is 15.5. The van der Waals surface area contributed by atoms with Crippen molar-refractivity contribution in [1.82, 2.24) is 14.4 Å². The Balaban J connectivity index is 1.81. The Labute approximate surface area is 156 Å². The molecule has 1 atom stereocenters. The summed E-state index contributed by atoms with van der Waals surface area (Å²) in [4.78, 5) is 10.0. The van der Waals surface area contributed by atoms with Gasteiger partial charge in [0.2, 0.25) is 0 Å². The smallest absolute Gasteiger partial charge is 0.183 e. The van der Waals surface area contributed by atoms with Crippen molar-refractivity contribution in [2.45, 2.75) is 26.3 Å². The van der Waals surface area contributed by atoms with Crippen LogP contribution < -0.4 is 5.32 Å². The SMILES string of the molecule is CC[C@@H](C)Nc1ncc(-c2cc(-c3ccccc3O)c3nccn3c2)s1. The first-order chi connectivity index (χ1) is 12.7. The predicted octanol–water partition coefficient (Wildman–Crippen LogP) is 5.04. The zero-order valence-electron chi connectivity index (χ0n) is 14.7. The Morgan fingerprint density at radius 1 is 1.23 bits per heavy atom. The fourth-order valence-corrected chi connectivity index (χ4v) is 3.76. The molecule has 0 saturated heterocycles. The van der Waals surface area contributed by atoms with Crippen LogP contribution in [-0.2, 0) is 0 Å². The number of hydrogen-bond donors (Lipinski definition) is 2. The molecule has 0 bridgehead atoms. The summed E-state index contributed by atoms with van der Waals surface area (Å²) in [5.74, 6) is 0.248. The van der Waals surface area contributed by atoms with E-state index in [9.17, 15) is 5.11 Å². The van der Waals surface area contributed by atoms with Gasteiger partial charge in [-0.15, -0.1) is 0 Å². The number of phenols is 1. The van der Waals surface area contributed by atoms with E-state index in [1.807, 2.05) is 41.2 Å². The van der Waals surface area contributed by atoms with Gasteiger partial charge in [0.05, 0.1) is 4.88 Å². The number of para-hydroxylation sites is 1. The molecule has 0 radical (unpaired) electrons. The second-order valence-electron chi connectivity index (χ2n) is 6.30. The molecular weight excluding hydrogens is 344 g/mol. The molecule has 0 fully saturated rings. The third kappa shape index (κ3) is 3.04. The molecule has 1 aromatic carbocycles. The summed E-state index contributed by atoms with van der Waals surface area (Å²) >= 11 is 1.63. The first-order valence-corrected chi connectivity index (χ1v) is 9.45. The van der Waals surface area contributed by atoms with Gasteiger partial charge in [-0.2, -0.15) is 0 Å². The van der Waals surface area contributed by atoms with Crippen LogP contribution in [0.3, 0.4) is 0 Å². The van der Waals surface area contributed by atoms with E-state index in [0.29, 0.717) is 6.04 Å². The van der Waals surface area contributed by atoms with Gasteiger partial charge in [-0.25, -0.2) is 9.97 Å². The van der Waals surface area contributed by atoms with Gasteiger partial charge in [-0.05, 0) is 25.5 Å². The van der Waals surface area contributed by atoms with E-state index < -0.39 is 0 Å². The number of anilines is 1. The Kier molecular flexibility index (Phi) is 4.34. The van der Waals surface area contributed by atoms with Crippen LogP contribution in [0.15, 0.2) is 55.1 Å². The monoisotopic (exact) mass is 364 g/mol. The lowest BCUT2D eigenvalue weighted by Gasteiger charge is -2.10. The second kappa shape index (κ2) is 6.80. The molecule has 0 saturated carbocycles. The minimum absolute atomic E-state index is 0.248. The van der Waals surface area contributed by atoms with E-state index >= 15 is 0 Å². The minimum Gasteiger partial charge on any atom is -0.507 e. The number of nitrogens with one attached hydrogen (secondary N) is 1. The van der Waals surface area contributed by atoms with Crippen LogP contribution in [0.25, 0.3) is 27.2 Å². The Morgan fingerprint density at radius 3 is 2.88 bits per heavy atom. The number of aromatic hydroxyl groups is 1. The number of imidazole rings is 1. The number of rotatable bonds is 5. The predicted molar refractivity (Wildman–Crippen MR) is 107 cm³/mol. The van der Waals surface area contributed by atoms with Crippen molar-refractivity contribution in [3.8, 4) is 27.3 Å². The van der Waals surface area contributed by atoms with Crippen LogP contribution in [0.2, 0.25) is 0 Å². The van der Waals surface area contributed by atoms with E-state index in [2.05, 4.69) is 35.2 Å². The molecule has 0 unspecified atom stereocenters. The largest absolute Gasteiger partial charge is 0.507 e. The lowest BCUT2D eigenvalue weighted by atomic mass is 10.0. The fourth-order valence-electron chi connectivity index (χ4n) is 2.85. The van der Waals surface area contributed by atoms with Crippen LogP contribution in [0.1, 0.15) is 20.3 Å². The van der Waals surface area contributed by atoms with E-state index in [-0.39, 0.29) is 5.75 Å². The minimum atomic E-state index is 0.248. The van der Waals surface area contributed by atoms with Crippen molar-refractivity contribution in [3.05, 3.63) is 55.1 Å². The lowest BCUT2D eigenvalue weighted by molar-refractivity contribution is 0.477. The van der Waals surface area contributed by atoms with Crippen molar-refractivity contribution in [2.75, 3.05) is 5.32 Å². The zero-order chi connectivity index (χ0) is 18.1. The Morgan fingerprint density at radius 2 is 2.08 bits per heavy atom. The standard InChI is InChI=1S/C20H20N4OS/c1-3-13(2)23-20-22-11-18(26-20)14-10-16(15-6-4-5-7-17(15)25)19-21-8-9-24(19)12-14/h4-13,25H,3H2,1-2H3,(H,22,23)/t13-/m1/s1. The quantitative estimate of drug-likeness (QED) is 0.521. The summed E-state index contributed by atoms with van der Waals surface area (Å²) in [5.41, 5.74) is 3.53. The molecule has 4 aromatic rings. The molecule has 0 aliphatic rings. The lowest BCUT2D eigenvalue weighted by Crippen LogP contribution is -2.12. The third-order valence-corrected chi connectivity index (χ3v) is 5.43. The highest BCUT2D eigenvalue weighted by molar-refractivity contribution is 7.18. The topological polar surface area (TPSA) is 62.5 Å². The van der Waals surface area contributed by atoms with Crippen LogP contribution in [0.4, 0.5) is 5.13 Å². The van der Waals surface area contributed by atoms with E-state index in [1.165, 1.54) is 0 Å². The number of hydrogen-bond acceptors (Lipinski definition) is 5. The number of thiazole rings is 1.